The molecule has 0 aromatic heterocycles. The molecule has 0 radical (unpaired) electrons. The Morgan fingerprint density at radius 2 is 2.20 bits per heavy atom. The molecule has 0 fully saturated rings. The highest BCUT2D eigenvalue weighted by molar-refractivity contribution is 5.76. The average molecular weight is 216 g/mol. The van der Waals surface area contributed by atoms with Crippen LogP contribution in [0.15, 0.2) is 0 Å². The zero-order valence-corrected chi connectivity index (χ0v) is 10.0. The molecule has 0 saturated carbocycles. The van der Waals surface area contributed by atoms with Gasteiger partial charge in [0.05, 0.1) is 12.1 Å². The Labute approximate surface area is 92.2 Å². The number of nitrogens with two attached hydrogens (primary N) is 1. The molecule has 0 aromatic rings. The van der Waals surface area contributed by atoms with E-state index in [2.05, 4.69) is 5.32 Å². The van der Waals surface area contributed by atoms with Gasteiger partial charge in [-0.3, -0.25) is 4.79 Å². The lowest BCUT2D eigenvalue weighted by atomic mass is 9.99. The van der Waals surface area contributed by atoms with Crippen molar-refractivity contribution in [1.29, 1.82) is 0 Å². The Morgan fingerprint density at radius 3 is 2.60 bits per heavy atom. The van der Waals surface area contributed by atoms with Crippen LogP contribution in [0, 0.1) is 5.92 Å². The van der Waals surface area contributed by atoms with Gasteiger partial charge in [-0.2, -0.15) is 0 Å². The van der Waals surface area contributed by atoms with Crippen LogP contribution in [0.4, 0.5) is 0 Å². The molecule has 2 unspecified atom stereocenters. The smallest absolute Gasteiger partial charge is 0.220 e. The highest BCUT2D eigenvalue weighted by Gasteiger charge is 2.22. The molecule has 2 atom stereocenters. The van der Waals surface area contributed by atoms with Gasteiger partial charge in [-0.05, 0) is 32.2 Å². The maximum atomic E-state index is 11.5. The summed E-state index contributed by atoms with van der Waals surface area (Å²) in [5.41, 5.74) is 4.98. The number of carbonyl (C=O) groups is 1. The first-order valence-corrected chi connectivity index (χ1v) is 5.59. The highest BCUT2D eigenvalue weighted by atomic mass is 16.3. The third kappa shape index (κ3) is 5.74. The Morgan fingerprint density at radius 1 is 1.60 bits per heavy atom. The van der Waals surface area contributed by atoms with Crippen LogP contribution in [-0.2, 0) is 4.79 Å². The molecule has 0 aliphatic rings. The van der Waals surface area contributed by atoms with E-state index in [1.165, 1.54) is 0 Å². The monoisotopic (exact) mass is 216 g/mol. The third-order valence-electron chi connectivity index (χ3n) is 2.84. The Bertz CT molecular complexity index is 191. The van der Waals surface area contributed by atoms with Crippen molar-refractivity contribution in [2.24, 2.45) is 11.7 Å². The predicted molar refractivity (Wildman–Crippen MR) is 61.4 cm³/mol. The van der Waals surface area contributed by atoms with E-state index in [1.54, 1.807) is 0 Å². The summed E-state index contributed by atoms with van der Waals surface area (Å²) in [5.74, 6) is 0.367. The van der Waals surface area contributed by atoms with Crippen LogP contribution in [0.3, 0.4) is 0 Å². The van der Waals surface area contributed by atoms with Gasteiger partial charge in [-0.25, -0.2) is 0 Å². The molecule has 4 heteroatoms. The second kappa shape index (κ2) is 6.80. The van der Waals surface area contributed by atoms with E-state index >= 15 is 0 Å². The van der Waals surface area contributed by atoms with E-state index in [9.17, 15) is 4.79 Å². The van der Waals surface area contributed by atoms with Gasteiger partial charge in [0, 0.05) is 6.42 Å². The largest absolute Gasteiger partial charge is 0.394 e. The van der Waals surface area contributed by atoms with Crippen LogP contribution in [0.2, 0.25) is 0 Å². The second-order valence-corrected chi connectivity index (χ2v) is 4.50. The summed E-state index contributed by atoms with van der Waals surface area (Å²) < 4.78 is 0. The SMILES string of the molecule is CCC(C)(CO)NC(=O)CCC(C)CN. The van der Waals surface area contributed by atoms with E-state index in [4.69, 9.17) is 10.8 Å². The Kier molecular flexibility index (Phi) is 6.52. The van der Waals surface area contributed by atoms with Crippen molar-refractivity contribution in [3.05, 3.63) is 0 Å². The molecule has 4 nitrogen and oxygen atoms in total. The lowest BCUT2D eigenvalue weighted by molar-refractivity contribution is -0.123. The third-order valence-corrected chi connectivity index (χ3v) is 2.84. The fraction of sp³-hybridized carbons (Fsp3) is 0.909. The van der Waals surface area contributed by atoms with Crippen LogP contribution in [0.25, 0.3) is 0 Å². The first kappa shape index (κ1) is 14.4. The Balaban J connectivity index is 3.92. The molecule has 4 N–H and O–H groups in total. The minimum Gasteiger partial charge on any atom is -0.394 e. The molecule has 0 rings (SSSR count). The maximum absolute atomic E-state index is 11.5. The van der Waals surface area contributed by atoms with Crippen molar-refractivity contribution in [1.82, 2.24) is 5.32 Å². The van der Waals surface area contributed by atoms with Crippen LogP contribution >= 0.6 is 0 Å². The summed E-state index contributed by atoms with van der Waals surface area (Å²) in [4.78, 5) is 11.5. The quantitative estimate of drug-likeness (QED) is 0.584. The number of carbonyl (C=O) groups excluding carboxylic acids is 1. The molecule has 90 valence electrons. The summed E-state index contributed by atoms with van der Waals surface area (Å²) in [6.07, 6.45) is 2.00. The summed E-state index contributed by atoms with van der Waals surface area (Å²) in [5, 5.41) is 12.0. The van der Waals surface area contributed by atoms with Crippen LogP contribution < -0.4 is 11.1 Å². The molecule has 0 aliphatic carbocycles. The molecule has 15 heavy (non-hydrogen) atoms. The van der Waals surface area contributed by atoms with Crippen molar-refractivity contribution in [2.75, 3.05) is 13.2 Å². The van der Waals surface area contributed by atoms with Gasteiger partial charge < -0.3 is 16.2 Å². The normalized spacial score (nSPS) is 16.9. The summed E-state index contributed by atoms with van der Waals surface area (Å²) in [7, 11) is 0. The van der Waals surface area contributed by atoms with Crippen LogP contribution in [0.5, 0.6) is 0 Å². The van der Waals surface area contributed by atoms with E-state index in [1.807, 2.05) is 20.8 Å². The van der Waals surface area contributed by atoms with E-state index in [0.29, 0.717) is 18.9 Å². The van der Waals surface area contributed by atoms with Gasteiger partial charge >= 0.3 is 0 Å². The van der Waals surface area contributed by atoms with Gasteiger partial charge in [0.2, 0.25) is 5.91 Å². The van der Waals surface area contributed by atoms with Crippen LogP contribution in [0.1, 0.15) is 40.0 Å². The topological polar surface area (TPSA) is 75.3 Å². The molecule has 0 bridgehead atoms. The minimum absolute atomic E-state index is 0.00583. The average Bonchev–Trinajstić information content (AvgIpc) is 2.25. The zero-order chi connectivity index (χ0) is 11.9. The van der Waals surface area contributed by atoms with E-state index in [-0.39, 0.29) is 12.5 Å². The fourth-order valence-electron chi connectivity index (χ4n) is 1.13. The lowest BCUT2D eigenvalue weighted by Gasteiger charge is -2.27. The number of amides is 1. The lowest BCUT2D eigenvalue weighted by Crippen LogP contribution is -2.48. The van der Waals surface area contributed by atoms with Gasteiger partial charge in [0.25, 0.3) is 0 Å². The number of aliphatic hydroxyl groups excluding tert-OH is 1. The molecule has 0 aromatic carbocycles. The predicted octanol–water partition coefficient (Wildman–Crippen LogP) is 0.639. The molecule has 0 heterocycles. The first-order valence-electron chi connectivity index (χ1n) is 5.59. The van der Waals surface area contributed by atoms with Crippen molar-refractivity contribution in [3.8, 4) is 0 Å². The molecular weight excluding hydrogens is 192 g/mol. The summed E-state index contributed by atoms with van der Waals surface area (Å²) >= 11 is 0. The number of aliphatic hydroxyl groups is 1. The van der Waals surface area contributed by atoms with Crippen LogP contribution in [-0.4, -0.2) is 29.7 Å². The van der Waals surface area contributed by atoms with Crippen molar-refractivity contribution in [3.63, 3.8) is 0 Å². The van der Waals surface area contributed by atoms with Crippen molar-refractivity contribution < 1.29 is 9.90 Å². The number of nitrogens with one attached hydrogen (secondary N) is 1. The van der Waals surface area contributed by atoms with Gasteiger partial charge in [-0.1, -0.05) is 13.8 Å². The van der Waals surface area contributed by atoms with E-state index in [0.717, 1.165) is 12.8 Å². The Hall–Kier alpha value is -0.610. The molecule has 1 amide bonds. The molecular formula is C11H24N2O2. The standard InChI is InChI=1S/C11H24N2O2/c1-4-11(3,8-14)13-10(15)6-5-9(2)7-12/h9,14H,4-8,12H2,1-3H3,(H,13,15). The van der Waals surface area contributed by atoms with Crippen molar-refractivity contribution >= 4 is 5.91 Å². The number of hydrogen-bond donors (Lipinski definition) is 3. The van der Waals surface area contributed by atoms with Gasteiger partial charge in [-0.15, -0.1) is 0 Å². The minimum atomic E-state index is -0.483. The van der Waals surface area contributed by atoms with E-state index < -0.39 is 5.54 Å². The zero-order valence-electron chi connectivity index (χ0n) is 10.0. The maximum Gasteiger partial charge on any atom is 0.220 e. The summed E-state index contributed by atoms with van der Waals surface area (Å²) in [6.45, 7) is 6.40. The first-order chi connectivity index (χ1) is 6.97. The number of rotatable bonds is 7. The second-order valence-electron chi connectivity index (χ2n) is 4.50. The van der Waals surface area contributed by atoms with Crippen molar-refractivity contribution in [2.45, 2.75) is 45.6 Å². The molecule has 0 aliphatic heterocycles. The molecule has 0 spiro atoms. The fourth-order valence-corrected chi connectivity index (χ4v) is 1.13. The highest BCUT2D eigenvalue weighted by Crippen LogP contribution is 2.09. The summed E-state index contributed by atoms with van der Waals surface area (Å²) in [6, 6.07) is 0. The van der Waals surface area contributed by atoms with Gasteiger partial charge in [0.15, 0.2) is 0 Å². The number of hydrogen-bond acceptors (Lipinski definition) is 3. The molecule has 0 saturated heterocycles. The van der Waals surface area contributed by atoms with Gasteiger partial charge in [0.1, 0.15) is 0 Å².